The summed E-state index contributed by atoms with van der Waals surface area (Å²) in [6, 6.07) is 2.77. The standard InChI is InChI=1S/C11H20N2O/c1-4-10-7-11(8-12,5-6-14-10)13-9(2)3/h9-10,13H,4-7H2,1-3H3. The van der Waals surface area contributed by atoms with Crippen molar-refractivity contribution in [1.29, 1.82) is 5.26 Å². The molecule has 14 heavy (non-hydrogen) atoms. The molecular formula is C11H20N2O. The van der Waals surface area contributed by atoms with Crippen LogP contribution in [0.4, 0.5) is 0 Å². The number of nitrogens with one attached hydrogen (secondary N) is 1. The average Bonchev–Trinajstić information content (AvgIpc) is 2.17. The van der Waals surface area contributed by atoms with Crippen molar-refractivity contribution >= 4 is 0 Å². The number of nitriles is 1. The van der Waals surface area contributed by atoms with Gasteiger partial charge in [-0.2, -0.15) is 5.26 Å². The summed E-state index contributed by atoms with van der Waals surface area (Å²) in [6.07, 6.45) is 2.86. The van der Waals surface area contributed by atoms with E-state index in [0.717, 1.165) is 19.3 Å². The van der Waals surface area contributed by atoms with Gasteiger partial charge in [-0.3, -0.25) is 5.32 Å². The second-order valence-electron chi connectivity index (χ2n) is 4.35. The Balaban J connectivity index is 2.64. The second-order valence-corrected chi connectivity index (χ2v) is 4.35. The molecule has 1 heterocycles. The van der Waals surface area contributed by atoms with Crippen LogP contribution in [0.5, 0.6) is 0 Å². The van der Waals surface area contributed by atoms with E-state index < -0.39 is 0 Å². The summed E-state index contributed by atoms with van der Waals surface area (Å²) in [6.45, 7) is 6.96. The number of hydrogen-bond donors (Lipinski definition) is 1. The first-order valence-corrected chi connectivity index (χ1v) is 5.42. The molecule has 2 unspecified atom stereocenters. The largest absolute Gasteiger partial charge is 0.378 e. The molecule has 0 spiro atoms. The Kier molecular flexibility index (Phi) is 3.91. The van der Waals surface area contributed by atoms with Crippen molar-refractivity contribution in [3.8, 4) is 6.07 Å². The molecule has 0 aromatic heterocycles. The Morgan fingerprint density at radius 1 is 1.64 bits per heavy atom. The molecule has 0 aromatic carbocycles. The predicted molar refractivity (Wildman–Crippen MR) is 55.9 cm³/mol. The normalized spacial score (nSPS) is 32.9. The van der Waals surface area contributed by atoms with Crippen molar-refractivity contribution in [3.05, 3.63) is 0 Å². The van der Waals surface area contributed by atoms with E-state index in [-0.39, 0.29) is 11.6 Å². The molecule has 1 N–H and O–H groups in total. The number of hydrogen-bond acceptors (Lipinski definition) is 3. The maximum absolute atomic E-state index is 9.24. The van der Waals surface area contributed by atoms with Crippen LogP contribution in [-0.2, 0) is 4.74 Å². The summed E-state index contributed by atoms with van der Waals surface area (Å²) in [7, 11) is 0. The first kappa shape index (κ1) is 11.5. The maximum atomic E-state index is 9.24. The van der Waals surface area contributed by atoms with Gasteiger partial charge in [0.15, 0.2) is 0 Å². The first-order valence-electron chi connectivity index (χ1n) is 5.42. The monoisotopic (exact) mass is 196 g/mol. The topological polar surface area (TPSA) is 45.0 Å². The zero-order chi connectivity index (χ0) is 10.6. The molecule has 0 aliphatic carbocycles. The van der Waals surface area contributed by atoms with Crippen LogP contribution in [0.25, 0.3) is 0 Å². The van der Waals surface area contributed by atoms with E-state index in [1.165, 1.54) is 0 Å². The SMILES string of the molecule is CCC1CC(C#N)(NC(C)C)CCO1. The zero-order valence-corrected chi connectivity index (χ0v) is 9.34. The van der Waals surface area contributed by atoms with E-state index in [4.69, 9.17) is 4.74 Å². The summed E-state index contributed by atoms with van der Waals surface area (Å²) in [4.78, 5) is 0. The van der Waals surface area contributed by atoms with E-state index in [2.05, 4.69) is 32.2 Å². The van der Waals surface area contributed by atoms with Crippen molar-refractivity contribution in [3.63, 3.8) is 0 Å². The molecule has 2 atom stereocenters. The molecule has 1 saturated heterocycles. The van der Waals surface area contributed by atoms with Crippen LogP contribution in [-0.4, -0.2) is 24.3 Å². The molecule has 1 aliphatic rings. The van der Waals surface area contributed by atoms with E-state index >= 15 is 0 Å². The number of ether oxygens (including phenoxy) is 1. The van der Waals surface area contributed by atoms with Crippen LogP contribution in [0.15, 0.2) is 0 Å². The third kappa shape index (κ3) is 2.70. The molecule has 3 heteroatoms. The average molecular weight is 196 g/mol. The Hall–Kier alpha value is -0.590. The van der Waals surface area contributed by atoms with Crippen molar-refractivity contribution in [2.75, 3.05) is 6.61 Å². The Morgan fingerprint density at radius 3 is 2.86 bits per heavy atom. The van der Waals surface area contributed by atoms with Gasteiger partial charge >= 0.3 is 0 Å². The minimum absolute atomic E-state index is 0.245. The molecule has 0 radical (unpaired) electrons. The molecule has 80 valence electrons. The third-order valence-electron chi connectivity index (χ3n) is 2.69. The first-order chi connectivity index (χ1) is 6.62. The van der Waals surface area contributed by atoms with Crippen LogP contribution < -0.4 is 5.32 Å². The molecule has 1 aliphatic heterocycles. The summed E-state index contributed by atoms with van der Waals surface area (Å²) in [5, 5.41) is 12.6. The van der Waals surface area contributed by atoms with Crippen molar-refractivity contribution in [2.24, 2.45) is 0 Å². The highest BCUT2D eigenvalue weighted by Crippen LogP contribution is 2.26. The van der Waals surface area contributed by atoms with Crippen LogP contribution in [0.1, 0.15) is 40.0 Å². The summed E-state index contributed by atoms with van der Waals surface area (Å²) in [5.41, 5.74) is -0.354. The van der Waals surface area contributed by atoms with E-state index in [9.17, 15) is 5.26 Å². The molecule has 0 bridgehead atoms. The fourth-order valence-electron chi connectivity index (χ4n) is 2.03. The summed E-state index contributed by atoms with van der Waals surface area (Å²) < 4.78 is 5.57. The van der Waals surface area contributed by atoms with Crippen molar-refractivity contribution < 1.29 is 4.74 Å². The zero-order valence-electron chi connectivity index (χ0n) is 9.34. The molecule has 0 amide bonds. The minimum Gasteiger partial charge on any atom is -0.378 e. The van der Waals surface area contributed by atoms with Crippen molar-refractivity contribution in [1.82, 2.24) is 5.32 Å². The lowest BCUT2D eigenvalue weighted by Gasteiger charge is -2.37. The lowest BCUT2D eigenvalue weighted by molar-refractivity contribution is -0.0174. The fourth-order valence-corrected chi connectivity index (χ4v) is 2.03. The van der Waals surface area contributed by atoms with Gasteiger partial charge in [0.25, 0.3) is 0 Å². The Bertz CT molecular complexity index is 222. The van der Waals surface area contributed by atoms with Gasteiger partial charge in [0.2, 0.25) is 0 Å². The van der Waals surface area contributed by atoms with Gasteiger partial charge in [-0.05, 0) is 20.3 Å². The third-order valence-corrected chi connectivity index (χ3v) is 2.69. The summed E-state index contributed by atoms with van der Waals surface area (Å²) in [5.74, 6) is 0. The minimum atomic E-state index is -0.354. The molecular weight excluding hydrogens is 176 g/mol. The highest BCUT2D eigenvalue weighted by Gasteiger charge is 2.36. The molecule has 0 aromatic rings. The Labute approximate surface area is 86.4 Å². The van der Waals surface area contributed by atoms with Gasteiger partial charge in [0, 0.05) is 25.5 Å². The number of nitrogens with zero attached hydrogens (tertiary/aromatic N) is 1. The van der Waals surface area contributed by atoms with Gasteiger partial charge in [0.05, 0.1) is 12.2 Å². The van der Waals surface area contributed by atoms with Gasteiger partial charge in [-0.25, -0.2) is 0 Å². The lowest BCUT2D eigenvalue weighted by Crippen LogP contribution is -2.53. The molecule has 1 fully saturated rings. The van der Waals surface area contributed by atoms with Crippen molar-refractivity contribution in [2.45, 2.75) is 57.7 Å². The van der Waals surface area contributed by atoms with Gasteiger partial charge in [0.1, 0.15) is 5.54 Å². The van der Waals surface area contributed by atoms with Crippen LogP contribution >= 0.6 is 0 Å². The van der Waals surface area contributed by atoms with E-state index in [1.54, 1.807) is 0 Å². The molecule has 3 nitrogen and oxygen atoms in total. The van der Waals surface area contributed by atoms with Crippen LogP contribution in [0, 0.1) is 11.3 Å². The highest BCUT2D eigenvalue weighted by atomic mass is 16.5. The fraction of sp³-hybridized carbons (Fsp3) is 0.909. The van der Waals surface area contributed by atoms with Gasteiger partial charge in [-0.15, -0.1) is 0 Å². The quantitative estimate of drug-likeness (QED) is 0.749. The predicted octanol–water partition coefficient (Wildman–Crippen LogP) is 1.84. The van der Waals surface area contributed by atoms with E-state index in [1.807, 2.05) is 0 Å². The number of rotatable bonds is 3. The Morgan fingerprint density at radius 2 is 2.36 bits per heavy atom. The van der Waals surface area contributed by atoms with Gasteiger partial charge in [-0.1, -0.05) is 6.92 Å². The summed E-state index contributed by atoms with van der Waals surface area (Å²) >= 11 is 0. The van der Waals surface area contributed by atoms with E-state index in [0.29, 0.717) is 12.6 Å². The molecule has 0 saturated carbocycles. The molecule has 1 rings (SSSR count). The second kappa shape index (κ2) is 4.77. The lowest BCUT2D eigenvalue weighted by atomic mass is 9.86. The highest BCUT2D eigenvalue weighted by molar-refractivity contribution is 5.10. The van der Waals surface area contributed by atoms with Crippen LogP contribution in [0.3, 0.4) is 0 Å². The maximum Gasteiger partial charge on any atom is 0.111 e. The van der Waals surface area contributed by atoms with Crippen LogP contribution in [0.2, 0.25) is 0 Å². The smallest absolute Gasteiger partial charge is 0.111 e. The van der Waals surface area contributed by atoms with Gasteiger partial charge < -0.3 is 4.74 Å².